The van der Waals surface area contributed by atoms with Crippen LogP contribution in [-0.2, 0) is 0 Å². The Labute approximate surface area is 63.7 Å². The first kappa shape index (κ1) is 9.78. The van der Waals surface area contributed by atoms with E-state index in [1.807, 2.05) is 0 Å². The van der Waals surface area contributed by atoms with Crippen molar-refractivity contribution in [2.45, 2.75) is 0 Å². The highest BCUT2D eigenvalue weighted by molar-refractivity contribution is 6.30. The topological polar surface area (TPSA) is 0 Å². The molecular weight excluding hydrogens is 195 g/mol. The molecular formula is C4Cl2F4. The molecule has 0 unspecified atom stereocenters. The van der Waals surface area contributed by atoms with E-state index < -0.39 is 22.2 Å². The average Bonchev–Trinajstić information content (AvgIpc) is 1.84. The van der Waals surface area contributed by atoms with Gasteiger partial charge in [0.2, 0.25) is 22.2 Å². The number of hydrogen-bond donors (Lipinski definition) is 0. The third-order valence-electron chi connectivity index (χ3n) is 0.525. The van der Waals surface area contributed by atoms with Crippen molar-refractivity contribution in [2.24, 2.45) is 0 Å². The van der Waals surface area contributed by atoms with Gasteiger partial charge >= 0.3 is 0 Å². The second kappa shape index (κ2) is 3.83. The van der Waals surface area contributed by atoms with Crippen molar-refractivity contribution in [2.75, 3.05) is 0 Å². The molecule has 10 heavy (non-hydrogen) atoms. The largest absolute Gasteiger partial charge is 0.228 e. The highest BCUT2D eigenvalue weighted by Crippen LogP contribution is 2.26. The minimum atomic E-state index is -2.14. The Morgan fingerprint density at radius 1 is 0.700 bits per heavy atom. The zero-order valence-corrected chi connectivity index (χ0v) is 5.78. The molecule has 0 aromatic heterocycles. The number of rotatable bonds is 1. The quantitative estimate of drug-likeness (QED) is 0.442. The Kier molecular flexibility index (Phi) is 3.75. The molecule has 0 atom stereocenters. The number of hydrogen-bond acceptors (Lipinski definition) is 0. The first-order valence-electron chi connectivity index (χ1n) is 1.88. The monoisotopic (exact) mass is 194 g/mol. The van der Waals surface area contributed by atoms with Crippen molar-refractivity contribution in [3.63, 3.8) is 0 Å². The van der Waals surface area contributed by atoms with Crippen LogP contribution in [0, 0.1) is 0 Å². The lowest BCUT2D eigenvalue weighted by molar-refractivity contribution is 0.489. The molecule has 0 spiro atoms. The Hall–Kier alpha value is -0.220. The van der Waals surface area contributed by atoms with Crippen LogP contribution in [0.3, 0.4) is 0 Å². The molecule has 0 nitrogen and oxygen atoms in total. The summed E-state index contributed by atoms with van der Waals surface area (Å²) in [5, 5.41) is -3.96. The fraction of sp³-hybridized carbons (Fsp3) is 0. The van der Waals surface area contributed by atoms with E-state index in [0.29, 0.717) is 0 Å². The maximum atomic E-state index is 11.8. The molecule has 0 aliphatic carbocycles. The number of allylic oxidation sites excluding steroid dienone is 2. The van der Waals surface area contributed by atoms with Gasteiger partial charge in [-0.3, -0.25) is 0 Å². The van der Waals surface area contributed by atoms with Crippen LogP contribution in [0.25, 0.3) is 0 Å². The molecule has 0 saturated carbocycles. The Morgan fingerprint density at radius 2 is 0.900 bits per heavy atom. The van der Waals surface area contributed by atoms with Gasteiger partial charge < -0.3 is 0 Å². The standard InChI is InChI=1S/C4Cl2F4/c5-3(9)1(7)2(8)4(6)10. The first-order chi connectivity index (χ1) is 4.46. The highest BCUT2D eigenvalue weighted by Gasteiger charge is 2.14. The Bertz CT molecular complexity index is 165. The molecule has 0 bridgehead atoms. The van der Waals surface area contributed by atoms with Crippen molar-refractivity contribution >= 4 is 23.2 Å². The maximum absolute atomic E-state index is 11.8. The Morgan fingerprint density at radius 3 is 1.00 bits per heavy atom. The third kappa shape index (κ3) is 2.58. The van der Waals surface area contributed by atoms with Gasteiger partial charge in [-0.15, -0.1) is 0 Å². The zero-order valence-electron chi connectivity index (χ0n) is 4.27. The fourth-order valence-electron chi connectivity index (χ4n) is 0.166. The summed E-state index contributed by atoms with van der Waals surface area (Å²) in [6, 6.07) is 0. The van der Waals surface area contributed by atoms with Gasteiger partial charge in [-0.1, -0.05) is 0 Å². The Balaban J connectivity index is 4.71. The van der Waals surface area contributed by atoms with Crippen LogP contribution in [0.2, 0.25) is 0 Å². The number of halogens is 6. The van der Waals surface area contributed by atoms with Gasteiger partial charge in [0.15, 0.2) is 0 Å². The van der Waals surface area contributed by atoms with Gasteiger partial charge in [-0.25, -0.2) is 0 Å². The van der Waals surface area contributed by atoms with E-state index in [4.69, 9.17) is 0 Å². The molecule has 0 heterocycles. The maximum Gasteiger partial charge on any atom is 0.228 e. The summed E-state index contributed by atoms with van der Waals surface area (Å²) in [7, 11) is 0. The molecule has 0 amide bonds. The molecule has 0 saturated heterocycles. The zero-order chi connectivity index (χ0) is 8.31. The van der Waals surface area contributed by atoms with E-state index in [0.717, 1.165) is 0 Å². The predicted molar refractivity (Wildman–Crippen MR) is 30.2 cm³/mol. The molecule has 0 aromatic carbocycles. The molecule has 6 heteroatoms. The first-order valence-corrected chi connectivity index (χ1v) is 2.64. The summed E-state index contributed by atoms with van der Waals surface area (Å²) in [5.41, 5.74) is 0. The highest BCUT2D eigenvalue weighted by atomic mass is 35.5. The molecule has 0 radical (unpaired) electrons. The van der Waals surface area contributed by atoms with E-state index in [2.05, 4.69) is 23.2 Å². The van der Waals surface area contributed by atoms with Crippen LogP contribution in [0.15, 0.2) is 22.2 Å². The predicted octanol–water partition coefficient (Wildman–Crippen LogP) is 3.68. The van der Waals surface area contributed by atoms with Crippen molar-refractivity contribution in [1.82, 2.24) is 0 Å². The van der Waals surface area contributed by atoms with Crippen molar-refractivity contribution in [1.29, 1.82) is 0 Å². The van der Waals surface area contributed by atoms with Crippen molar-refractivity contribution < 1.29 is 17.6 Å². The molecule has 0 aliphatic rings. The van der Waals surface area contributed by atoms with E-state index in [9.17, 15) is 17.6 Å². The summed E-state index contributed by atoms with van der Waals surface area (Å²) in [6.07, 6.45) is 0. The third-order valence-corrected chi connectivity index (χ3v) is 0.856. The van der Waals surface area contributed by atoms with Crippen molar-refractivity contribution in [3.8, 4) is 0 Å². The molecule has 0 aliphatic heterocycles. The van der Waals surface area contributed by atoms with E-state index in [1.165, 1.54) is 0 Å². The summed E-state index contributed by atoms with van der Waals surface area (Å²) in [6.45, 7) is 0. The van der Waals surface area contributed by atoms with Gasteiger partial charge in [-0.2, -0.15) is 17.6 Å². The lowest BCUT2D eigenvalue weighted by atomic mass is 10.5. The van der Waals surface area contributed by atoms with Crippen LogP contribution < -0.4 is 0 Å². The van der Waals surface area contributed by atoms with Crippen LogP contribution in [0.5, 0.6) is 0 Å². The van der Waals surface area contributed by atoms with Gasteiger partial charge in [0.25, 0.3) is 0 Å². The second-order valence-electron chi connectivity index (χ2n) is 1.15. The van der Waals surface area contributed by atoms with Crippen LogP contribution in [0.1, 0.15) is 0 Å². The van der Waals surface area contributed by atoms with Gasteiger partial charge in [-0.05, 0) is 23.2 Å². The average molecular weight is 195 g/mol. The molecule has 58 valence electrons. The van der Waals surface area contributed by atoms with Gasteiger partial charge in [0, 0.05) is 0 Å². The summed E-state index contributed by atoms with van der Waals surface area (Å²) >= 11 is 8.61. The van der Waals surface area contributed by atoms with Crippen LogP contribution in [-0.4, -0.2) is 0 Å². The lowest BCUT2D eigenvalue weighted by Gasteiger charge is -1.89. The minimum absolute atomic E-state index is 1.98. The van der Waals surface area contributed by atoms with E-state index >= 15 is 0 Å². The van der Waals surface area contributed by atoms with Crippen LogP contribution >= 0.6 is 23.2 Å². The summed E-state index contributed by atoms with van der Waals surface area (Å²) < 4.78 is 46.5. The van der Waals surface area contributed by atoms with Gasteiger partial charge in [0.1, 0.15) is 0 Å². The summed E-state index contributed by atoms with van der Waals surface area (Å²) in [4.78, 5) is 0. The normalized spacial score (nSPS) is 16.2. The molecule has 0 fully saturated rings. The summed E-state index contributed by atoms with van der Waals surface area (Å²) in [5.74, 6) is -4.29. The minimum Gasteiger partial charge on any atom is -0.199 e. The SMILES string of the molecule is FC(Cl)=C(F)C(F)=C(F)Cl. The fourth-order valence-corrected chi connectivity index (χ4v) is 0.332. The van der Waals surface area contributed by atoms with E-state index in [1.54, 1.807) is 0 Å². The molecule has 0 N–H and O–H groups in total. The smallest absolute Gasteiger partial charge is 0.199 e. The lowest BCUT2D eigenvalue weighted by Crippen LogP contribution is -1.77. The van der Waals surface area contributed by atoms with E-state index in [-0.39, 0.29) is 0 Å². The second-order valence-corrected chi connectivity index (χ2v) is 1.81. The molecule has 0 aromatic rings. The van der Waals surface area contributed by atoms with Gasteiger partial charge in [0.05, 0.1) is 0 Å². The van der Waals surface area contributed by atoms with Crippen molar-refractivity contribution in [3.05, 3.63) is 22.2 Å². The van der Waals surface area contributed by atoms with Crippen LogP contribution in [0.4, 0.5) is 17.6 Å². The molecule has 0 rings (SSSR count).